The number of furan rings is 1. The van der Waals surface area contributed by atoms with Crippen LogP contribution in [0.3, 0.4) is 0 Å². The minimum absolute atomic E-state index is 0.908. The van der Waals surface area contributed by atoms with Crippen LogP contribution >= 0.6 is 0 Å². The van der Waals surface area contributed by atoms with Crippen molar-refractivity contribution in [3.05, 3.63) is 212 Å². The molecule has 0 aliphatic heterocycles. The van der Waals surface area contributed by atoms with Crippen molar-refractivity contribution in [1.29, 1.82) is 0 Å². The van der Waals surface area contributed by atoms with E-state index in [0.717, 1.165) is 38.8 Å². The minimum Gasteiger partial charge on any atom is -0.455 e. The van der Waals surface area contributed by atoms with Crippen molar-refractivity contribution < 1.29 is 4.42 Å². The molecule has 0 amide bonds. The fraction of sp³-hybridized carbons (Fsp3) is 0. The number of benzene rings is 9. The molecule has 0 atom stereocenters. The molecule has 2 heterocycles. The quantitative estimate of drug-likeness (QED) is 0.172. The third kappa shape index (κ3) is 4.76. The first-order valence-electron chi connectivity index (χ1n) is 20.7. The molecule has 9 aromatic carbocycles. The molecule has 0 saturated carbocycles. The van der Waals surface area contributed by atoms with Crippen LogP contribution in [0.1, 0.15) is 0 Å². The van der Waals surface area contributed by atoms with Gasteiger partial charge < -0.3 is 8.98 Å². The van der Waals surface area contributed by atoms with Gasteiger partial charge in [-0.2, -0.15) is 0 Å². The van der Waals surface area contributed by atoms with Crippen molar-refractivity contribution >= 4 is 21.9 Å². The molecule has 60 heavy (non-hydrogen) atoms. The maximum absolute atomic E-state index is 6.56. The normalized spacial score (nSPS) is 12.0. The van der Waals surface area contributed by atoms with Crippen molar-refractivity contribution in [2.24, 2.45) is 0 Å². The summed E-state index contributed by atoms with van der Waals surface area (Å²) in [6.07, 6.45) is 2.26. The number of nitrogens with zero attached hydrogens (tertiary/aromatic N) is 1. The Kier molecular flexibility index (Phi) is 7.05. The lowest BCUT2D eigenvalue weighted by atomic mass is 9.80. The number of fused-ring (bicyclic) bond motifs is 19. The van der Waals surface area contributed by atoms with Gasteiger partial charge >= 0.3 is 0 Å². The van der Waals surface area contributed by atoms with E-state index in [1.54, 1.807) is 0 Å². The van der Waals surface area contributed by atoms with Crippen LogP contribution in [-0.4, -0.2) is 4.57 Å². The highest BCUT2D eigenvalue weighted by molar-refractivity contribution is 6.11. The first kappa shape index (κ1) is 33.1. The highest BCUT2D eigenvalue weighted by Crippen LogP contribution is 2.52. The Balaban J connectivity index is 1.05. The SMILES string of the molecule is c1ccc2c(c1)-c1ccccc1-c1cc(-n3ccc4c3-c3ccccc3-c3ccccc3-c3ccccc3-4)ccc1-c1ccc(-c3cccc4c3oc3ccccc34)cc1-2. The fourth-order valence-corrected chi connectivity index (χ4v) is 10.2. The van der Waals surface area contributed by atoms with Gasteiger partial charge in [-0.1, -0.05) is 176 Å². The van der Waals surface area contributed by atoms with Crippen LogP contribution in [-0.2, 0) is 0 Å². The molecule has 0 unspecified atom stereocenters. The van der Waals surface area contributed by atoms with Gasteiger partial charge in [0.1, 0.15) is 11.2 Å². The molecule has 278 valence electrons. The Morgan fingerprint density at radius 3 is 1.33 bits per heavy atom. The van der Waals surface area contributed by atoms with E-state index >= 15 is 0 Å². The Bertz CT molecular complexity index is 3560. The predicted molar refractivity (Wildman–Crippen MR) is 249 cm³/mol. The zero-order chi connectivity index (χ0) is 39.3. The summed E-state index contributed by atoms with van der Waals surface area (Å²) in [4.78, 5) is 0. The summed E-state index contributed by atoms with van der Waals surface area (Å²) >= 11 is 0. The number of hydrogen-bond donors (Lipinski definition) is 0. The van der Waals surface area contributed by atoms with Crippen LogP contribution in [0, 0.1) is 0 Å². The van der Waals surface area contributed by atoms with Gasteiger partial charge in [-0.3, -0.25) is 0 Å². The lowest BCUT2D eigenvalue weighted by Crippen LogP contribution is -2.02. The first-order chi connectivity index (χ1) is 29.8. The largest absolute Gasteiger partial charge is 0.455 e. The Morgan fingerprint density at radius 1 is 0.283 bits per heavy atom. The molecule has 0 N–H and O–H groups in total. The second-order valence-corrected chi connectivity index (χ2v) is 15.9. The maximum atomic E-state index is 6.56. The highest BCUT2D eigenvalue weighted by Gasteiger charge is 2.27. The first-order valence-corrected chi connectivity index (χ1v) is 20.7. The van der Waals surface area contributed by atoms with E-state index < -0.39 is 0 Å². The van der Waals surface area contributed by atoms with E-state index in [9.17, 15) is 0 Å². The van der Waals surface area contributed by atoms with Crippen molar-refractivity contribution in [3.8, 4) is 106 Å². The Hall–Kier alpha value is -7.94. The molecule has 2 nitrogen and oxygen atoms in total. The second-order valence-electron chi connectivity index (χ2n) is 15.9. The summed E-state index contributed by atoms with van der Waals surface area (Å²) in [6.45, 7) is 0. The van der Waals surface area contributed by atoms with E-state index in [0.29, 0.717) is 0 Å². The highest BCUT2D eigenvalue weighted by atomic mass is 16.3. The van der Waals surface area contributed by atoms with Gasteiger partial charge in [-0.15, -0.1) is 0 Å². The van der Waals surface area contributed by atoms with Gasteiger partial charge in [0.15, 0.2) is 0 Å². The summed E-state index contributed by atoms with van der Waals surface area (Å²) < 4.78 is 8.97. The molecule has 0 bridgehead atoms. The molecule has 13 rings (SSSR count). The molecular weight excluding hydrogens is 727 g/mol. The average Bonchev–Trinajstić information content (AvgIpc) is 3.93. The maximum Gasteiger partial charge on any atom is 0.143 e. The lowest BCUT2D eigenvalue weighted by molar-refractivity contribution is 0.670. The van der Waals surface area contributed by atoms with Crippen LogP contribution in [0.5, 0.6) is 0 Å². The van der Waals surface area contributed by atoms with Gasteiger partial charge in [0.25, 0.3) is 0 Å². The zero-order valence-electron chi connectivity index (χ0n) is 32.6. The Labute approximate surface area is 347 Å². The number of aromatic nitrogens is 1. The summed E-state index contributed by atoms with van der Waals surface area (Å²) in [5.74, 6) is 0. The van der Waals surface area contributed by atoms with Crippen molar-refractivity contribution in [2.45, 2.75) is 0 Å². The van der Waals surface area contributed by atoms with E-state index in [2.05, 4.69) is 211 Å². The van der Waals surface area contributed by atoms with Crippen LogP contribution in [0.15, 0.2) is 217 Å². The number of rotatable bonds is 2. The van der Waals surface area contributed by atoms with Crippen molar-refractivity contribution in [2.75, 3.05) is 0 Å². The number of para-hydroxylation sites is 2. The topological polar surface area (TPSA) is 18.1 Å². The van der Waals surface area contributed by atoms with E-state index in [-0.39, 0.29) is 0 Å². The third-order valence-electron chi connectivity index (χ3n) is 12.8. The second kappa shape index (κ2) is 12.8. The monoisotopic (exact) mass is 761 g/mol. The molecule has 2 aliphatic carbocycles. The lowest BCUT2D eigenvalue weighted by Gasteiger charge is -2.25. The zero-order valence-corrected chi connectivity index (χ0v) is 32.6. The van der Waals surface area contributed by atoms with Gasteiger partial charge in [0.2, 0.25) is 0 Å². The number of hydrogen-bond acceptors (Lipinski definition) is 1. The van der Waals surface area contributed by atoms with Crippen LogP contribution in [0.2, 0.25) is 0 Å². The van der Waals surface area contributed by atoms with Crippen molar-refractivity contribution in [1.82, 2.24) is 4.57 Å². The standard InChI is InChI=1S/C58H35NO/c1-2-15-40-39(14-1)41-16-3-6-20-45(41)52-32-33-59(57(52)51-24-10-9-19-44(40)51)37-29-31-49-48-30-28-36(38-25-13-26-53-50-23-11-12-27-56(50)60-58(38)53)34-54(48)46-21-7-4-17-42(46)43-18-5-8-22-47(43)55(49)35-37/h1-35H. The van der Waals surface area contributed by atoms with Crippen LogP contribution in [0.25, 0.3) is 128 Å². The van der Waals surface area contributed by atoms with Gasteiger partial charge in [-0.25, -0.2) is 0 Å². The average molecular weight is 762 g/mol. The van der Waals surface area contributed by atoms with Gasteiger partial charge in [-0.05, 0) is 108 Å². The van der Waals surface area contributed by atoms with Crippen molar-refractivity contribution in [3.63, 3.8) is 0 Å². The molecule has 2 aliphatic rings. The van der Waals surface area contributed by atoms with E-state index in [1.807, 2.05) is 6.07 Å². The Morgan fingerprint density at radius 2 is 0.717 bits per heavy atom. The molecule has 2 aromatic heterocycles. The van der Waals surface area contributed by atoms with E-state index in [1.165, 1.54) is 89.1 Å². The molecule has 0 fully saturated rings. The van der Waals surface area contributed by atoms with Gasteiger partial charge in [0, 0.05) is 39.3 Å². The smallest absolute Gasteiger partial charge is 0.143 e. The van der Waals surface area contributed by atoms with Crippen LogP contribution < -0.4 is 0 Å². The molecule has 0 radical (unpaired) electrons. The molecular formula is C58H35NO. The molecule has 0 saturated heterocycles. The summed E-state index contributed by atoms with van der Waals surface area (Å²) in [5.41, 5.74) is 24.8. The summed E-state index contributed by atoms with van der Waals surface area (Å²) in [5, 5.41) is 2.27. The molecule has 11 aromatic rings. The third-order valence-corrected chi connectivity index (χ3v) is 12.8. The summed E-state index contributed by atoms with van der Waals surface area (Å²) in [6, 6.07) is 75.6. The van der Waals surface area contributed by atoms with E-state index in [4.69, 9.17) is 4.42 Å². The predicted octanol–water partition coefficient (Wildman–Crippen LogP) is 16.0. The minimum atomic E-state index is 0.908. The molecule has 2 heteroatoms. The summed E-state index contributed by atoms with van der Waals surface area (Å²) in [7, 11) is 0. The fourth-order valence-electron chi connectivity index (χ4n) is 10.2. The molecule has 0 spiro atoms. The van der Waals surface area contributed by atoms with Gasteiger partial charge in [0.05, 0.1) is 5.69 Å². The van der Waals surface area contributed by atoms with Crippen LogP contribution in [0.4, 0.5) is 0 Å².